The number of carbonyl (C=O) groups is 1. The summed E-state index contributed by atoms with van der Waals surface area (Å²) in [7, 11) is -3.56. The van der Waals surface area contributed by atoms with Crippen molar-refractivity contribution in [3.05, 3.63) is 11.8 Å². The highest BCUT2D eigenvalue weighted by atomic mass is 32.2. The zero-order chi connectivity index (χ0) is 15.1. The van der Waals surface area contributed by atoms with Crippen molar-refractivity contribution in [1.82, 2.24) is 9.78 Å². The van der Waals surface area contributed by atoms with Gasteiger partial charge in [-0.3, -0.25) is 9.69 Å². The minimum Gasteiger partial charge on any atom is -0.297 e. The van der Waals surface area contributed by atoms with Crippen molar-refractivity contribution in [3.63, 3.8) is 0 Å². The van der Waals surface area contributed by atoms with Gasteiger partial charge in [-0.2, -0.15) is 5.10 Å². The van der Waals surface area contributed by atoms with E-state index in [0.717, 1.165) is 11.5 Å². The van der Waals surface area contributed by atoms with Crippen LogP contribution in [0.5, 0.6) is 0 Å². The van der Waals surface area contributed by atoms with E-state index in [-0.39, 0.29) is 30.0 Å². The lowest BCUT2D eigenvalue weighted by molar-refractivity contribution is -0.117. The summed E-state index contributed by atoms with van der Waals surface area (Å²) in [6.07, 6.45) is 0.207. The fraction of sp³-hybridized carbons (Fsp3) is 0.667. The number of sulfonamides is 1. The van der Waals surface area contributed by atoms with Crippen molar-refractivity contribution >= 4 is 21.7 Å². The van der Waals surface area contributed by atoms with E-state index >= 15 is 0 Å². The lowest BCUT2D eigenvalue weighted by Crippen LogP contribution is -2.29. The smallest absolute Gasteiger partial charge is 0.228 e. The zero-order valence-electron chi connectivity index (χ0n) is 11.9. The Morgan fingerprint density at radius 1 is 1.50 bits per heavy atom. The van der Waals surface area contributed by atoms with E-state index in [9.17, 15) is 13.2 Å². The number of aromatic nitrogens is 2. The monoisotopic (exact) mass is 300 g/mol. The van der Waals surface area contributed by atoms with Crippen LogP contribution in [0.1, 0.15) is 32.0 Å². The highest BCUT2D eigenvalue weighted by molar-refractivity contribution is 7.89. The van der Waals surface area contributed by atoms with Crippen LogP contribution in [-0.4, -0.2) is 36.4 Å². The van der Waals surface area contributed by atoms with Gasteiger partial charge in [-0.05, 0) is 20.8 Å². The van der Waals surface area contributed by atoms with E-state index < -0.39 is 10.0 Å². The molecule has 7 nitrogen and oxygen atoms in total. The second-order valence-corrected chi connectivity index (χ2v) is 7.25. The van der Waals surface area contributed by atoms with Crippen molar-refractivity contribution in [2.45, 2.75) is 33.2 Å². The Balaban J connectivity index is 2.24. The van der Waals surface area contributed by atoms with Crippen LogP contribution in [0, 0.1) is 12.8 Å². The van der Waals surface area contributed by atoms with Crippen LogP contribution >= 0.6 is 0 Å². The van der Waals surface area contributed by atoms with Crippen LogP contribution in [0.25, 0.3) is 0 Å². The van der Waals surface area contributed by atoms with Gasteiger partial charge in [0.1, 0.15) is 5.82 Å². The highest BCUT2D eigenvalue weighted by Gasteiger charge is 2.34. The van der Waals surface area contributed by atoms with Gasteiger partial charge in [-0.25, -0.2) is 18.2 Å². The Morgan fingerprint density at radius 2 is 2.15 bits per heavy atom. The number of nitrogens with two attached hydrogens (primary N) is 1. The first kappa shape index (κ1) is 15.0. The lowest BCUT2D eigenvalue weighted by atomic mass is 10.1. The molecule has 1 aromatic heterocycles. The van der Waals surface area contributed by atoms with Crippen LogP contribution in [0.15, 0.2) is 6.07 Å². The quantitative estimate of drug-likeness (QED) is 0.871. The standard InChI is InChI=1S/C12H20N4O3S/c1-8(2)16-11(4-9(3)14-16)15-6-10(5-12(15)17)7-20(13,18)19/h4,8,10H,5-7H2,1-3H3,(H2,13,18,19). The maximum absolute atomic E-state index is 12.1. The largest absolute Gasteiger partial charge is 0.297 e. The van der Waals surface area contributed by atoms with E-state index in [0.29, 0.717) is 6.54 Å². The average molecular weight is 300 g/mol. The van der Waals surface area contributed by atoms with Gasteiger partial charge in [-0.15, -0.1) is 0 Å². The van der Waals surface area contributed by atoms with Gasteiger partial charge < -0.3 is 0 Å². The maximum Gasteiger partial charge on any atom is 0.228 e. The van der Waals surface area contributed by atoms with Gasteiger partial charge in [0, 0.05) is 31.0 Å². The minimum absolute atomic E-state index is 0.0829. The molecule has 112 valence electrons. The summed E-state index contributed by atoms with van der Waals surface area (Å²) in [5.41, 5.74) is 0.830. The molecule has 0 aromatic carbocycles. The van der Waals surface area contributed by atoms with Crippen LogP contribution in [-0.2, 0) is 14.8 Å². The summed E-state index contributed by atoms with van der Waals surface area (Å²) in [6.45, 7) is 6.20. The topological polar surface area (TPSA) is 98.3 Å². The van der Waals surface area contributed by atoms with E-state index in [2.05, 4.69) is 5.10 Å². The number of hydrogen-bond acceptors (Lipinski definition) is 4. The molecule has 1 fully saturated rings. The molecule has 2 heterocycles. The second kappa shape index (κ2) is 5.17. The molecule has 0 bridgehead atoms. The third-order valence-corrected chi connectivity index (χ3v) is 4.21. The molecule has 20 heavy (non-hydrogen) atoms. The number of rotatable bonds is 4. The van der Waals surface area contributed by atoms with Crippen molar-refractivity contribution < 1.29 is 13.2 Å². The van der Waals surface area contributed by atoms with Crippen molar-refractivity contribution in [3.8, 4) is 0 Å². The van der Waals surface area contributed by atoms with Crippen molar-refractivity contribution in [1.29, 1.82) is 0 Å². The van der Waals surface area contributed by atoms with E-state index in [4.69, 9.17) is 5.14 Å². The Kier molecular flexibility index (Phi) is 3.88. The van der Waals surface area contributed by atoms with E-state index in [1.54, 1.807) is 9.58 Å². The van der Waals surface area contributed by atoms with Crippen molar-refractivity contribution in [2.24, 2.45) is 11.1 Å². The minimum atomic E-state index is -3.56. The molecule has 8 heteroatoms. The molecule has 1 atom stereocenters. The van der Waals surface area contributed by atoms with Gasteiger partial charge in [0.15, 0.2) is 0 Å². The number of anilines is 1. The van der Waals surface area contributed by atoms with Gasteiger partial charge in [-0.1, -0.05) is 0 Å². The van der Waals surface area contributed by atoms with Crippen LogP contribution in [0.3, 0.4) is 0 Å². The first-order valence-corrected chi connectivity index (χ1v) is 8.26. The first-order valence-electron chi connectivity index (χ1n) is 6.54. The van der Waals surface area contributed by atoms with Crippen LogP contribution < -0.4 is 10.0 Å². The molecule has 0 aliphatic carbocycles. The summed E-state index contributed by atoms with van der Waals surface area (Å²) < 4.78 is 24.1. The number of carbonyl (C=O) groups excluding carboxylic acids is 1. The number of hydrogen-bond donors (Lipinski definition) is 1. The Labute approximate surface area is 118 Å². The summed E-state index contributed by atoms with van der Waals surface area (Å²) in [6, 6.07) is 1.97. The molecular weight excluding hydrogens is 280 g/mol. The van der Waals surface area contributed by atoms with E-state index in [1.165, 1.54) is 0 Å². The number of nitrogens with zero attached hydrogens (tertiary/aromatic N) is 3. The molecule has 1 saturated heterocycles. The molecule has 0 spiro atoms. The molecule has 1 unspecified atom stereocenters. The molecule has 1 aliphatic rings. The number of amides is 1. The molecule has 1 aromatic rings. The van der Waals surface area contributed by atoms with Crippen LogP contribution in [0.4, 0.5) is 5.82 Å². The van der Waals surface area contributed by atoms with Crippen LogP contribution in [0.2, 0.25) is 0 Å². The fourth-order valence-electron chi connectivity index (χ4n) is 2.53. The molecule has 1 amide bonds. The molecular formula is C12H20N4O3S. The molecule has 0 saturated carbocycles. The Morgan fingerprint density at radius 3 is 2.70 bits per heavy atom. The van der Waals surface area contributed by atoms with Gasteiger partial charge in [0.2, 0.25) is 15.9 Å². The SMILES string of the molecule is Cc1cc(N2CC(CS(N)(=O)=O)CC2=O)n(C(C)C)n1. The van der Waals surface area contributed by atoms with Gasteiger partial charge >= 0.3 is 0 Å². The summed E-state index contributed by atoms with van der Waals surface area (Å²) in [5, 5.41) is 9.42. The highest BCUT2D eigenvalue weighted by Crippen LogP contribution is 2.28. The average Bonchev–Trinajstić information content (AvgIpc) is 2.79. The summed E-state index contributed by atoms with van der Waals surface area (Å²) in [4.78, 5) is 13.7. The fourth-order valence-corrected chi connectivity index (χ4v) is 3.41. The van der Waals surface area contributed by atoms with Gasteiger partial charge in [0.25, 0.3) is 0 Å². The normalized spacial score (nSPS) is 20.1. The zero-order valence-corrected chi connectivity index (χ0v) is 12.7. The molecule has 0 radical (unpaired) electrons. The van der Waals surface area contributed by atoms with Gasteiger partial charge in [0.05, 0.1) is 11.4 Å². The van der Waals surface area contributed by atoms with E-state index in [1.807, 2.05) is 26.8 Å². The Bertz CT molecular complexity index is 621. The first-order chi connectivity index (χ1) is 9.17. The predicted octanol–water partition coefficient (Wildman–Crippen LogP) is 0.414. The summed E-state index contributed by atoms with van der Waals surface area (Å²) >= 11 is 0. The number of aryl methyl sites for hydroxylation is 1. The predicted molar refractivity (Wildman–Crippen MR) is 75.8 cm³/mol. The third kappa shape index (κ3) is 3.18. The van der Waals surface area contributed by atoms with Crippen molar-refractivity contribution in [2.75, 3.05) is 17.2 Å². The number of primary sulfonamides is 1. The molecule has 2 rings (SSSR count). The lowest BCUT2D eigenvalue weighted by Gasteiger charge is -2.19. The Hall–Kier alpha value is -1.41. The summed E-state index contributed by atoms with van der Waals surface area (Å²) in [5.74, 6) is 0.220. The third-order valence-electron chi connectivity index (χ3n) is 3.28. The maximum atomic E-state index is 12.1. The molecule has 1 aliphatic heterocycles. The second-order valence-electron chi connectivity index (χ2n) is 5.59. The molecule has 2 N–H and O–H groups in total.